The molecule has 0 saturated carbocycles. The fourth-order valence-electron chi connectivity index (χ4n) is 4.05. The SMILES string of the molecule is Cc1cnc(COc2cc(C)n(-c3cc(-n4cccc(C(C)(C)CO)c4=O)ncc3C)c(=O)c2Cl)c(F)c1. The largest absolute Gasteiger partial charge is 0.485 e. The molecule has 4 heterocycles. The molecule has 4 aromatic rings. The molecule has 0 saturated heterocycles. The first-order valence-electron chi connectivity index (χ1n) is 11.9. The molecule has 0 unspecified atom stereocenters. The molecule has 10 heteroatoms. The molecular formula is C28H28ClFN4O4. The van der Waals surface area contributed by atoms with Crippen LogP contribution in [-0.2, 0) is 12.0 Å². The first-order chi connectivity index (χ1) is 17.9. The third kappa shape index (κ3) is 5.12. The van der Waals surface area contributed by atoms with Gasteiger partial charge in [0.15, 0.2) is 0 Å². The minimum absolute atomic E-state index is 0.0974. The van der Waals surface area contributed by atoms with Gasteiger partial charge in [-0.2, -0.15) is 0 Å². The van der Waals surface area contributed by atoms with Crippen LogP contribution < -0.4 is 15.9 Å². The Hall–Kier alpha value is -3.82. The third-order valence-corrected chi connectivity index (χ3v) is 6.69. The van der Waals surface area contributed by atoms with E-state index in [1.165, 1.54) is 21.4 Å². The molecule has 38 heavy (non-hydrogen) atoms. The highest BCUT2D eigenvalue weighted by Crippen LogP contribution is 2.26. The van der Waals surface area contributed by atoms with E-state index in [-0.39, 0.29) is 35.2 Å². The number of aromatic nitrogens is 4. The van der Waals surface area contributed by atoms with Crippen molar-refractivity contribution in [2.75, 3.05) is 6.61 Å². The van der Waals surface area contributed by atoms with Crippen LogP contribution in [0.25, 0.3) is 11.5 Å². The zero-order valence-corrected chi connectivity index (χ0v) is 22.5. The summed E-state index contributed by atoms with van der Waals surface area (Å²) in [5.74, 6) is -0.100. The molecular weight excluding hydrogens is 511 g/mol. The third-order valence-electron chi connectivity index (χ3n) is 6.34. The van der Waals surface area contributed by atoms with E-state index in [0.717, 1.165) is 0 Å². The second-order valence-corrected chi connectivity index (χ2v) is 10.2. The van der Waals surface area contributed by atoms with Crippen molar-refractivity contribution in [1.29, 1.82) is 0 Å². The predicted octanol–water partition coefficient (Wildman–Crippen LogP) is 4.35. The van der Waals surface area contributed by atoms with E-state index in [4.69, 9.17) is 16.3 Å². The number of hydrogen-bond donors (Lipinski definition) is 1. The Labute approximate surface area is 224 Å². The Bertz CT molecular complexity index is 1650. The zero-order chi connectivity index (χ0) is 27.8. The molecule has 0 aliphatic heterocycles. The number of rotatable bonds is 7. The Morgan fingerprint density at radius 1 is 1.08 bits per heavy atom. The van der Waals surface area contributed by atoms with Gasteiger partial charge in [0.1, 0.15) is 34.7 Å². The monoisotopic (exact) mass is 538 g/mol. The number of hydrogen-bond acceptors (Lipinski definition) is 6. The van der Waals surface area contributed by atoms with Gasteiger partial charge in [-0.1, -0.05) is 31.5 Å². The average Bonchev–Trinajstić information content (AvgIpc) is 2.87. The normalized spacial score (nSPS) is 11.6. The van der Waals surface area contributed by atoms with Crippen molar-refractivity contribution in [2.45, 2.75) is 46.6 Å². The minimum atomic E-state index is -0.748. The summed E-state index contributed by atoms with van der Waals surface area (Å²) in [6.07, 6.45) is 4.68. The van der Waals surface area contributed by atoms with Crippen LogP contribution in [0, 0.1) is 26.6 Å². The molecule has 4 aromatic heterocycles. The second-order valence-electron chi connectivity index (χ2n) is 9.80. The molecule has 4 rings (SSSR count). The van der Waals surface area contributed by atoms with E-state index in [9.17, 15) is 19.1 Å². The highest BCUT2D eigenvalue weighted by Gasteiger charge is 2.24. The smallest absolute Gasteiger partial charge is 0.277 e. The summed E-state index contributed by atoms with van der Waals surface area (Å²) in [5.41, 5.74) is 1.27. The number of aryl methyl sites for hydroxylation is 3. The molecule has 198 valence electrons. The molecule has 0 aliphatic carbocycles. The summed E-state index contributed by atoms with van der Waals surface area (Å²) in [6.45, 7) is 8.39. The molecule has 0 radical (unpaired) electrons. The van der Waals surface area contributed by atoms with Crippen LogP contribution >= 0.6 is 11.6 Å². The van der Waals surface area contributed by atoms with Crippen LogP contribution in [0.2, 0.25) is 5.02 Å². The molecule has 0 spiro atoms. The Morgan fingerprint density at radius 3 is 2.50 bits per heavy atom. The van der Waals surface area contributed by atoms with Crippen LogP contribution in [0.3, 0.4) is 0 Å². The van der Waals surface area contributed by atoms with E-state index < -0.39 is 16.8 Å². The van der Waals surface area contributed by atoms with E-state index >= 15 is 0 Å². The van der Waals surface area contributed by atoms with Gasteiger partial charge in [0.2, 0.25) is 0 Å². The maximum atomic E-state index is 14.2. The quantitative estimate of drug-likeness (QED) is 0.376. The van der Waals surface area contributed by atoms with Gasteiger partial charge in [0.25, 0.3) is 11.1 Å². The number of halogens is 2. The van der Waals surface area contributed by atoms with Crippen molar-refractivity contribution in [1.82, 2.24) is 19.1 Å². The van der Waals surface area contributed by atoms with Gasteiger partial charge in [-0.05, 0) is 44.0 Å². The van der Waals surface area contributed by atoms with E-state index in [2.05, 4.69) is 9.97 Å². The van der Waals surface area contributed by atoms with Crippen molar-refractivity contribution < 1.29 is 14.2 Å². The maximum Gasteiger partial charge on any atom is 0.277 e. The molecule has 8 nitrogen and oxygen atoms in total. The van der Waals surface area contributed by atoms with Crippen LogP contribution in [0.4, 0.5) is 4.39 Å². The summed E-state index contributed by atoms with van der Waals surface area (Å²) >= 11 is 6.41. The Morgan fingerprint density at radius 2 is 1.82 bits per heavy atom. The van der Waals surface area contributed by atoms with Crippen molar-refractivity contribution in [2.24, 2.45) is 0 Å². The summed E-state index contributed by atoms with van der Waals surface area (Å²) in [4.78, 5) is 35.1. The lowest BCUT2D eigenvalue weighted by molar-refractivity contribution is 0.217. The van der Waals surface area contributed by atoms with Crippen LogP contribution in [0.1, 0.15) is 41.9 Å². The minimum Gasteiger partial charge on any atom is -0.485 e. The highest BCUT2D eigenvalue weighted by molar-refractivity contribution is 6.31. The molecule has 0 amide bonds. The lowest BCUT2D eigenvalue weighted by Gasteiger charge is -2.22. The van der Waals surface area contributed by atoms with Crippen molar-refractivity contribution >= 4 is 11.6 Å². The van der Waals surface area contributed by atoms with Gasteiger partial charge in [0.05, 0.1) is 12.3 Å². The average molecular weight is 539 g/mol. The Kier molecular flexibility index (Phi) is 7.53. The maximum absolute atomic E-state index is 14.2. The van der Waals surface area contributed by atoms with Gasteiger partial charge >= 0.3 is 0 Å². The first kappa shape index (κ1) is 27.2. The number of ether oxygens (including phenoxy) is 1. The fourth-order valence-corrected chi connectivity index (χ4v) is 4.24. The predicted molar refractivity (Wildman–Crippen MR) is 143 cm³/mol. The summed E-state index contributed by atoms with van der Waals surface area (Å²) in [6, 6.07) is 7.96. The number of aliphatic hydroxyl groups is 1. The fraction of sp³-hybridized carbons (Fsp3) is 0.286. The molecule has 0 atom stereocenters. The summed E-state index contributed by atoms with van der Waals surface area (Å²) in [7, 11) is 0. The van der Waals surface area contributed by atoms with Gasteiger partial charge in [0, 0.05) is 47.4 Å². The van der Waals surface area contributed by atoms with Crippen LogP contribution in [0.15, 0.2) is 58.5 Å². The molecule has 0 bridgehead atoms. The van der Waals surface area contributed by atoms with Gasteiger partial charge in [-0.25, -0.2) is 9.37 Å². The van der Waals surface area contributed by atoms with E-state index in [1.807, 2.05) is 0 Å². The van der Waals surface area contributed by atoms with E-state index in [0.29, 0.717) is 33.9 Å². The number of aliphatic hydroxyl groups excluding tert-OH is 1. The standard InChI is InChI=1S/C28H28ClFN4O4/c1-16-9-20(30)21(31-12-16)14-38-23-10-18(3)34(27(37)25(23)29)22-11-24(32-13-17(22)2)33-8-6-7-19(26(33)36)28(4,5)15-35/h6-13,35H,14-15H2,1-5H3. The van der Waals surface area contributed by atoms with Gasteiger partial charge < -0.3 is 9.84 Å². The molecule has 1 N–H and O–H groups in total. The van der Waals surface area contributed by atoms with Crippen molar-refractivity contribution in [3.63, 3.8) is 0 Å². The van der Waals surface area contributed by atoms with Gasteiger partial charge in [-0.3, -0.25) is 23.7 Å². The number of nitrogens with zero attached hydrogens (tertiary/aromatic N) is 4. The molecule has 0 aliphatic rings. The zero-order valence-electron chi connectivity index (χ0n) is 21.7. The molecule has 0 aromatic carbocycles. The van der Waals surface area contributed by atoms with Crippen LogP contribution in [-0.4, -0.2) is 30.8 Å². The lowest BCUT2D eigenvalue weighted by atomic mass is 9.86. The summed E-state index contributed by atoms with van der Waals surface area (Å²) < 4.78 is 22.6. The number of pyridine rings is 4. The summed E-state index contributed by atoms with van der Waals surface area (Å²) in [5, 5.41) is 9.58. The van der Waals surface area contributed by atoms with Crippen molar-refractivity contribution in [3.8, 4) is 17.3 Å². The lowest BCUT2D eigenvalue weighted by Crippen LogP contribution is -2.33. The first-order valence-corrected chi connectivity index (χ1v) is 12.3. The van der Waals surface area contributed by atoms with Crippen molar-refractivity contribution in [3.05, 3.63) is 109 Å². The van der Waals surface area contributed by atoms with Crippen LogP contribution in [0.5, 0.6) is 5.75 Å². The Balaban J connectivity index is 1.75. The van der Waals surface area contributed by atoms with E-state index in [1.54, 1.807) is 71.3 Å². The van der Waals surface area contributed by atoms with Gasteiger partial charge in [-0.15, -0.1) is 0 Å². The highest BCUT2D eigenvalue weighted by atomic mass is 35.5. The molecule has 0 fully saturated rings. The topological polar surface area (TPSA) is 99.2 Å². The second kappa shape index (κ2) is 10.5.